The standard InChI is InChI=1S/C20H31N3O4S/c1-12(2)22-9-13(24)11-27-20-23-10-17(28-20)19(26)21-8-4-3-5-14-15-6-7-16(25)18(14)15/h10,12-15,18,22,24H,3-9,11H2,1-2H3,(H,21,26). The van der Waals surface area contributed by atoms with Gasteiger partial charge >= 0.3 is 0 Å². The Labute approximate surface area is 170 Å². The lowest BCUT2D eigenvalue weighted by Crippen LogP contribution is -2.35. The highest BCUT2D eigenvalue weighted by Crippen LogP contribution is 2.57. The van der Waals surface area contributed by atoms with Crippen molar-refractivity contribution in [1.29, 1.82) is 0 Å². The van der Waals surface area contributed by atoms with E-state index in [1.165, 1.54) is 17.5 Å². The van der Waals surface area contributed by atoms with Crippen LogP contribution in [0.5, 0.6) is 5.19 Å². The predicted molar refractivity (Wildman–Crippen MR) is 108 cm³/mol. The number of hydrogen-bond acceptors (Lipinski definition) is 7. The van der Waals surface area contributed by atoms with Crippen molar-refractivity contribution in [3.63, 3.8) is 0 Å². The Morgan fingerprint density at radius 3 is 2.96 bits per heavy atom. The molecule has 3 N–H and O–H groups in total. The van der Waals surface area contributed by atoms with Gasteiger partial charge in [0.05, 0.1) is 6.20 Å². The fourth-order valence-electron chi connectivity index (χ4n) is 4.01. The van der Waals surface area contributed by atoms with E-state index in [1.807, 2.05) is 13.8 Å². The van der Waals surface area contributed by atoms with Crippen molar-refractivity contribution in [3.05, 3.63) is 11.1 Å². The van der Waals surface area contributed by atoms with Crippen LogP contribution < -0.4 is 15.4 Å². The summed E-state index contributed by atoms with van der Waals surface area (Å²) in [5.74, 6) is 1.97. The largest absolute Gasteiger partial charge is 0.467 e. The van der Waals surface area contributed by atoms with Gasteiger partial charge in [-0.2, -0.15) is 0 Å². The van der Waals surface area contributed by atoms with E-state index in [0.29, 0.717) is 52.7 Å². The number of unbranched alkanes of at least 4 members (excludes halogenated alkanes) is 1. The minimum atomic E-state index is -0.620. The van der Waals surface area contributed by atoms with E-state index >= 15 is 0 Å². The van der Waals surface area contributed by atoms with E-state index < -0.39 is 6.10 Å². The maximum Gasteiger partial charge on any atom is 0.273 e. The number of ketones is 1. The van der Waals surface area contributed by atoms with Crippen LogP contribution in [0.15, 0.2) is 6.20 Å². The van der Waals surface area contributed by atoms with Crippen LogP contribution in [0, 0.1) is 17.8 Å². The van der Waals surface area contributed by atoms with Gasteiger partial charge in [0.2, 0.25) is 0 Å². The number of thiazole rings is 1. The molecule has 2 aliphatic rings. The van der Waals surface area contributed by atoms with Gasteiger partial charge in [0, 0.05) is 31.5 Å². The molecule has 0 aliphatic heterocycles. The molecule has 3 rings (SSSR count). The van der Waals surface area contributed by atoms with Crippen molar-refractivity contribution in [2.75, 3.05) is 19.7 Å². The summed E-state index contributed by atoms with van der Waals surface area (Å²) in [6.45, 7) is 5.24. The maximum absolute atomic E-state index is 12.2. The molecule has 0 aromatic carbocycles. The van der Waals surface area contributed by atoms with Crippen molar-refractivity contribution in [3.8, 4) is 5.19 Å². The van der Waals surface area contributed by atoms with Crippen molar-refractivity contribution in [2.45, 2.75) is 58.1 Å². The molecule has 7 nitrogen and oxygen atoms in total. The fourth-order valence-corrected chi connectivity index (χ4v) is 4.70. The number of aliphatic hydroxyl groups excluding tert-OH is 1. The quantitative estimate of drug-likeness (QED) is 0.457. The zero-order chi connectivity index (χ0) is 20.1. The second-order valence-electron chi connectivity index (χ2n) is 8.13. The number of Topliss-reactive ketones (excluding diaryl/α,β-unsaturated/α-hetero) is 1. The Morgan fingerprint density at radius 1 is 1.43 bits per heavy atom. The Hall–Kier alpha value is -1.51. The minimum Gasteiger partial charge on any atom is -0.467 e. The number of carbonyl (C=O) groups is 2. The van der Waals surface area contributed by atoms with Crippen LogP contribution >= 0.6 is 11.3 Å². The third kappa shape index (κ3) is 5.75. The van der Waals surface area contributed by atoms with Crippen LogP contribution in [-0.4, -0.2) is 53.6 Å². The van der Waals surface area contributed by atoms with Crippen molar-refractivity contribution >= 4 is 23.0 Å². The number of fused-ring (bicyclic) bond motifs is 1. The average molecular weight is 410 g/mol. The summed E-state index contributed by atoms with van der Waals surface area (Å²) >= 11 is 1.18. The molecule has 0 spiro atoms. The summed E-state index contributed by atoms with van der Waals surface area (Å²) in [5, 5.41) is 16.3. The summed E-state index contributed by atoms with van der Waals surface area (Å²) in [5.41, 5.74) is 0. The third-order valence-electron chi connectivity index (χ3n) is 5.55. The minimum absolute atomic E-state index is 0.139. The van der Waals surface area contributed by atoms with Crippen LogP contribution in [0.3, 0.4) is 0 Å². The molecule has 0 saturated heterocycles. The Bertz CT molecular complexity index is 678. The first-order valence-corrected chi connectivity index (χ1v) is 11.1. The summed E-state index contributed by atoms with van der Waals surface area (Å²) in [7, 11) is 0. The number of nitrogens with zero attached hydrogens (tertiary/aromatic N) is 1. The molecule has 0 radical (unpaired) electrons. The average Bonchev–Trinajstić information content (AvgIpc) is 2.97. The predicted octanol–water partition coefficient (Wildman–Crippen LogP) is 2.01. The number of rotatable bonds is 12. The topological polar surface area (TPSA) is 101 Å². The molecule has 156 valence electrons. The molecule has 2 aliphatic carbocycles. The van der Waals surface area contributed by atoms with Crippen molar-refractivity contribution in [1.82, 2.24) is 15.6 Å². The van der Waals surface area contributed by atoms with E-state index in [0.717, 1.165) is 32.1 Å². The molecule has 2 saturated carbocycles. The van der Waals surface area contributed by atoms with E-state index in [4.69, 9.17) is 4.74 Å². The molecule has 1 aromatic rings. The monoisotopic (exact) mass is 409 g/mol. The van der Waals surface area contributed by atoms with Gasteiger partial charge in [-0.3, -0.25) is 9.59 Å². The molecule has 4 atom stereocenters. The molecular formula is C20H31N3O4S. The Balaban J connectivity index is 1.27. The molecule has 1 aromatic heterocycles. The number of amides is 1. The second-order valence-corrected chi connectivity index (χ2v) is 9.12. The normalized spacial score (nSPS) is 24.3. The fraction of sp³-hybridized carbons (Fsp3) is 0.750. The first-order valence-electron chi connectivity index (χ1n) is 10.3. The van der Waals surface area contributed by atoms with Crippen molar-refractivity contribution < 1.29 is 19.4 Å². The van der Waals surface area contributed by atoms with E-state index in [2.05, 4.69) is 15.6 Å². The van der Waals surface area contributed by atoms with Gasteiger partial charge in [-0.1, -0.05) is 31.6 Å². The lowest BCUT2D eigenvalue weighted by Gasteiger charge is -2.13. The van der Waals surface area contributed by atoms with Gasteiger partial charge in [0.1, 0.15) is 23.4 Å². The lowest BCUT2D eigenvalue weighted by atomic mass is 10.1. The highest BCUT2D eigenvalue weighted by atomic mass is 32.1. The van der Waals surface area contributed by atoms with Gasteiger partial charge in [-0.25, -0.2) is 4.98 Å². The number of hydrogen-bond donors (Lipinski definition) is 3. The second kappa shape index (κ2) is 9.80. The van der Waals surface area contributed by atoms with Gasteiger partial charge < -0.3 is 20.5 Å². The van der Waals surface area contributed by atoms with Gasteiger partial charge in [0.25, 0.3) is 11.1 Å². The molecule has 4 unspecified atom stereocenters. The first kappa shape index (κ1) is 21.2. The number of carbonyl (C=O) groups excluding carboxylic acids is 2. The maximum atomic E-state index is 12.2. The summed E-state index contributed by atoms with van der Waals surface area (Å²) in [4.78, 5) is 28.4. The Kier molecular flexibility index (Phi) is 7.42. The van der Waals surface area contributed by atoms with E-state index in [-0.39, 0.29) is 12.5 Å². The van der Waals surface area contributed by atoms with Crippen LogP contribution in [0.1, 0.15) is 55.6 Å². The van der Waals surface area contributed by atoms with Crippen LogP contribution in [-0.2, 0) is 4.79 Å². The SMILES string of the molecule is CC(C)NCC(O)COc1ncc(C(=O)NCCCCC2C3CCC(=O)C23)s1. The molecular weight excluding hydrogens is 378 g/mol. The highest BCUT2D eigenvalue weighted by molar-refractivity contribution is 7.15. The van der Waals surface area contributed by atoms with E-state index in [9.17, 15) is 14.7 Å². The van der Waals surface area contributed by atoms with Gasteiger partial charge in [0.15, 0.2) is 0 Å². The Morgan fingerprint density at radius 2 is 2.25 bits per heavy atom. The number of nitrogens with one attached hydrogen (secondary N) is 2. The highest BCUT2D eigenvalue weighted by Gasteiger charge is 2.56. The van der Waals surface area contributed by atoms with Crippen LogP contribution in [0.4, 0.5) is 0 Å². The van der Waals surface area contributed by atoms with Crippen LogP contribution in [0.2, 0.25) is 0 Å². The van der Waals surface area contributed by atoms with Gasteiger partial charge in [-0.15, -0.1) is 0 Å². The smallest absolute Gasteiger partial charge is 0.273 e. The van der Waals surface area contributed by atoms with Crippen molar-refractivity contribution in [2.24, 2.45) is 17.8 Å². The molecule has 1 amide bonds. The number of aliphatic hydroxyl groups is 1. The molecule has 2 fully saturated rings. The van der Waals surface area contributed by atoms with E-state index in [1.54, 1.807) is 0 Å². The molecule has 28 heavy (non-hydrogen) atoms. The number of ether oxygens (including phenoxy) is 1. The zero-order valence-electron chi connectivity index (χ0n) is 16.6. The molecule has 1 heterocycles. The molecule has 8 heteroatoms. The first-order chi connectivity index (χ1) is 13.5. The van der Waals surface area contributed by atoms with Crippen LogP contribution in [0.25, 0.3) is 0 Å². The zero-order valence-corrected chi connectivity index (χ0v) is 17.5. The molecule has 0 bridgehead atoms. The summed E-state index contributed by atoms with van der Waals surface area (Å²) < 4.78 is 5.46. The summed E-state index contributed by atoms with van der Waals surface area (Å²) in [6.07, 6.45) is 5.83. The summed E-state index contributed by atoms with van der Waals surface area (Å²) in [6, 6.07) is 0.302. The van der Waals surface area contributed by atoms with Gasteiger partial charge in [-0.05, 0) is 31.1 Å². The third-order valence-corrected chi connectivity index (χ3v) is 6.46. The number of aromatic nitrogens is 1. The lowest BCUT2D eigenvalue weighted by molar-refractivity contribution is -0.119.